The first-order valence-corrected chi connectivity index (χ1v) is 10.5. The van der Waals surface area contributed by atoms with Crippen molar-refractivity contribution in [2.24, 2.45) is 5.92 Å². The monoisotopic (exact) mass is 424 g/mol. The molecule has 160 valence electrons. The van der Waals surface area contributed by atoms with Gasteiger partial charge in [-0.05, 0) is 24.8 Å². The molecule has 0 atom stereocenters. The molecule has 0 radical (unpaired) electrons. The second-order valence-electron chi connectivity index (χ2n) is 8.06. The number of carbonyl (C=O) groups excluding carboxylic acids is 1. The predicted molar refractivity (Wildman–Crippen MR) is 113 cm³/mol. The highest BCUT2D eigenvalue weighted by Gasteiger charge is 2.21. The summed E-state index contributed by atoms with van der Waals surface area (Å²) < 4.78 is 31.6. The number of hydrogen-bond acceptors (Lipinski definition) is 4. The van der Waals surface area contributed by atoms with E-state index in [0.717, 1.165) is 19.0 Å². The molecule has 0 saturated heterocycles. The lowest BCUT2D eigenvalue weighted by Gasteiger charge is -2.22. The van der Waals surface area contributed by atoms with Crippen LogP contribution in [0.2, 0.25) is 0 Å². The van der Waals surface area contributed by atoms with E-state index in [0.29, 0.717) is 40.1 Å². The Hall–Kier alpha value is -3.36. The van der Waals surface area contributed by atoms with Crippen molar-refractivity contribution in [1.29, 1.82) is 0 Å². The number of nitrogens with zero attached hydrogens (tertiary/aromatic N) is 5. The number of pyridine rings is 1. The Morgan fingerprint density at radius 2 is 1.90 bits per heavy atom. The Labute approximate surface area is 177 Å². The van der Waals surface area contributed by atoms with Gasteiger partial charge in [-0.3, -0.25) is 4.57 Å². The van der Waals surface area contributed by atoms with E-state index in [1.165, 1.54) is 55.5 Å². The molecule has 0 aliphatic heterocycles. The van der Waals surface area contributed by atoms with Crippen LogP contribution in [0.1, 0.15) is 32.1 Å². The van der Waals surface area contributed by atoms with Crippen LogP contribution in [0.4, 0.5) is 13.6 Å². The van der Waals surface area contributed by atoms with Gasteiger partial charge in [0, 0.05) is 43.1 Å². The van der Waals surface area contributed by atoms with Crippen LogP contribution in [0.25, 0.3) is 33.5 Å². The number of aromatic nitrogens is 5. The summed E-state index contributed by atoms with van der Waals surface area (Å²) >= 11 is 0. The molecule has 1 N–H and O–H groups in total. The molecule has 4 aromatic rings. The zero-order chi connectivity index (χ0) is 21.5. The van der Waals surface area contributed by atoms with E-state index in [9.17, 15) is 13.6 Å². The fourth-order valence-electron chi connectivity index (χ4n) is 4.48. The lowest BCUT2D eigenvalue weighted by Crippen LogP contribution is -2.23. The molecule has 1 amide bonds. The van der Waals surface area contributed by atoms with E-state index in [4.69, 9.17) is 0 Å². The van der Waals surface area contributed by atoms with Crippen LogP contribution in [0.15, 0.2) is 30.9 Å². The number of carbonyl (C=O) groups is 1. The minimum atomic E-state index is -0.531. The van der Waals surface area contributed by atoms with Crippen LogP contribution in [0.3, 0.4) is 0 Å². The largest absolute Gasteiger partial charge is 0.340 e. The van der Waals surface area contributed by atoms with Crippen LogP contribution < -0.4 is 5.32 Å². The summed E-state index contributed by atoms with van der Waals surface area (Å²) in [6.45, 7) is 0.701. The van der Waals surface area contributed by atoms with Crippen molar-refractivity contribution in [3.8, 4) is 11.4 Å². The van der Waals surface area contributed by atoms with Gasteiger partial charge in [0.2, 0.25) is 0 Å². The third-order valence-corrected chi connectivity index (χ3v) is 6.03. The molecule has 1 saturated carbocycles. The van der Waals surface area contributed by atoms with Gasteiger partial charge in [-0.15, -0.1) is 0 Å². The molecule has 4 heterocycles. The Balaban J connectivity index is 1.63. The van der Waals surface area contributed by atoms with E-state index >= 15 is 0 Å². The van der Waals surface area contributed by atoms with Gasteiger partial charge in [-0.1, -0.05) is 19.3 Å². The maximum Gasteiger partial charge on any atom is 0.326 e. The highest BCUT2D eigenvalue weighted by Crippen LogP contribution is 2.31. The molecular formula is C22H22F2N6O. The van der Waals surface area contributed by atoms with Crippen molar-refractivity contribution < 1.29 is 13.6 Å². The summed E-state index contributed by atoms with van der Waals surface area (Å²) in [4.78, 5) is 25.3. The van der Waals surface area contributed by atoms with Crippen molar-refractivity contribution in [2.75, 3.05) is 7.05 Å². The SMILES string of the molecule is CNC(=O)n1cc(-c2ncc3c(F)cn(CC4CCCCC4)c3n2)c2cc(F)cnc21. The van der Waals surface area contributed by atoms with Crippen LogP contribution in [0, 0.1) is 17.6 Å². The maximum atomic E-state index is 14.5. The summed E-state index contributed by atoms with van der Waals surface area (Å²) in [5, 5.41) is 3.29. The Morgan fingerprint density at radius 3 is 2.68 bits per heavy atom. The van der Waals surface area contributed by atoms with Crippen LogP contribution in [0.5, 0.6) is 0 Å². The average Bonchev–Trinajstić information content (AvgIpc) is 3.31. The van der Waals surface area contributed by atoms with Crippen molar-refractivity contribution in [3.05, 3.63) is 42.5 Å². The highest BCUT2D eigenvalue weighted by molar-refractivity contribution is 5.98. The van der Waals surface area contributed by atoms with Gasteiger partial charge in [0.15, 0.2) is 11.6 Å². The lowest BCUT2D eigenvalue weighted by molar-refractivity contribution is 0.245. The van der Waals surface area contributed by atoms with Gasteiger partial charge in [-0.2, -0.15) is 0 Å². The number of halogens is 2. The first-order valence-electron chi connectivity index (χ1n) is 10.5. The normalized spacial score (nSPS) is 15.1. The molecule has 7 nitrogen and oxygen atoms in total. The van der Waals surface area contributed by atoms with Gasteiger partial charge in [0.1, 0.15) is 17.1 Å². The molecule has 9 heteroatoms. The first kappa shape index (κ1) is 19.6. The van der Waals surface area contributed by atoms with Crippen molar-refractivity contribution >= 4 is 28.1 Å². The number of nitrogens with one attached hydrogen (secondary N) is 1. The van der Waals surface area contributed by atoms with E-state index in [2.05, 4.69) is 20.3 Å². The average molecular weight is 424 g/mol. The number of hydrogen-bond donors (Lipinski definition) is 1. The van der Waals surface area contributed by atoms with Gasteiger partial charge in [0.05, 0.1) is 11.6 Å². The number of amides is 1. The molecule has 4 aromatic heterocycles. The van der Waals surface area contributed by atoms with E-state index in [1.54, 1.807) is 0 Å². The topological polar surface area (TPSA) is 77.6 Å². The third kappa shape index (κ3) is 3.43. The van der Waals surface area contributed by atoms with Crippen molar-refractivity contribution in [2.45, 2.75) is 38.6 Å². The van der Waals surface area contributed by atoms with Crippen LogP contribution in [-0.2, 0) is 6.54 Å². The standard InChI is InChI=1S/C22H22F2N6O/c1-25-22(31)30-11-17(15-7-14(23)8-27-20(15)30)19-26-9-16-18(24)12-29(21(16)28-19)10-13-5-3-2-4-6-13/h7-9,11-13H,2-6,10H2,1H3,(H,25,31). The summed E-state index contributed by atoms with van der Waals surface area (Å²) in [5.41, 5.74) is 1.25. The summed E-state index contributed by atoms with van der Waals surface area (Å²) in [6, 6.07) is 0.884. The molecule has 1 aliphatic carbocycles. The minimum absolute atomic E-state index is 0.288. The minimum Gasteiger partial charge on any atom is -0.340 e. The van der Waals surface area contributed by atoms with Crippen LogP contribution >= 0.6 is 0 Å². The Morgan fingerprint density at radius 1 is 1.10 bits per heavy atom. The van der Waals surface area contributed by atoms with E-state index < -0.39 is 11.8 Å². The second-order valence-corrected chi connectivity index (χ2v) is 8.06. The van der Waals surface area contributed by atoms with E-state index in [1.807, 2.05) is 4.57 Å². The fourth-order valence-corrected chi connectivity index (χ4v) is 4.48. The maximum absolute atomic E-state index is 14.5. The quantitative estimate of drug-likeness (QED) is 0.526. The molecule has 0 aromatic carbocycles. The summed E-state index contributed by atoms with van der Waals surface area (Å²) in [7, 11) is 1.50. The highest BCUT2D eigenvalue weighted by atomic mass is 19.1. The molecule has 1 aliphatic rings. The number of rotatable bonds is 3. The van der Waals surface area contributed by atoms with Crippen LogP contribution in [-0.4, -0.2) is 37.2 Å². The summed E-state index contributed by atoms with van der Waals surface area (Å²) in [5.74, 6) is -0.111. The molecule has 1 fully saturated rings. The zero-order valence-corrected chi connectivity index (χ0v) is 17.1. The van der Waals surface area contributed by atoms with Gasteiger partial charge >= 0.3 is 6.03 Å². The third-order valence-electron chi connectivity index (χ3n) is 6.03. The molecule has 0 spiro atoms. The smallest absolute Gasteiger partial charge is 0.326 e. The van der Waals surface area contributed by atoms with Crippen molar-refractivity contribution in [1.82, 2.24) is 29.4 Å². The predicted octanol–water partition coefficient (Wildman–Crippen LogP) is 4.49. The summed E-state index contributed by atoms with van der Waals surface area (Å²) in [6.07, 6.45) is 11.4. The van der Waals surface area contributed by atoms with Gasteiger partial charge in [0.25, 0.3) is 0 Å². The number of fused-ring (bicyclic) bond motifs is 2. The lowest BCUT2D eigenvalue weighted by atomic mass is 9.89. The van der Waals surface area contributed by atoms with Gasteiger partial charge < -0.3 is 9.88 Å². The molecule has 0 unspecified atom stereocenters. The Kier molecular flexibility index (Phi) is 4.88. The van der Waals surface area contributed by atoms with E-state index in [-0.39, 0.29) is 11.6 Å². The van der Waals surface area contributed by atoms with Gasteiger partial charge in [-0.25, -0.2) is 28.5 Å². The Bertz CT molecular complexity index is 1290. The zero-order valence-electron chi connectivity index (χ0n) is 17.1. The van der Waals surface area contributed by atoms with Crippen molar-refractivity contribution in [3.63, 3.8) is 0 Å². The molecule has 5 rings (SSSR count). The fraction of sp³-hybridized carbons (Fsp3) is 0.364. The first-order chi connectivity index (χ1) is 15.0. The molecule has 31 heavy (non-hydrogen) atoms. The second kappa shape index (κ2) is 7.72. The molecular weight excluding hydrogens is 402 g/mol. The molecule has 0 bridgehead atoms.